The topological polar surface area (TPSA) is 66.5 Å². The largest absolute Gasteiger partial charge is 0.336 e. The van der Waals surface area contributed by atoms with Crippen molar-refractivity contribution in [3.63, 3.8) is 0 Å². The summed E-state index contributed by atoms with van der Waals surface area (Å²) in [6.45, 7) is 4.03. The minimum Gasteiger partial charge on any atom is -0.336 e. The number of carbonyl (C=O) groups is 1. The summed E-state index contributed by atoms with van der Waals surface area (Å²) < 4.78 is 25.3. The van der Waals surface area contributed by atoms with E-state index in [-0.39, 0.29) is 22.6 Å². The zero-order valence-electron chi connectivity index (χ0n) is 14.2. The smallest absolute Gasteiger partial charge is 0.254 e. The standard InChI is InChI=1S/C19H22N2O3S/c1-15-13-21(12-11-20-15)19(22)18-10-6-5-7-16(18)14-25(23,24)17-8-3-2-4-9-17/h2-10,15,20H,11-14H2,1H3. The molecule has 25 heavy (non-hydrogen) atoms. The Kier molecular flexibility index (Phi) is 5.20. The molecule has 1 N–H and O–H groups in total. The number of carbonyl (C=O) groups excluding carboxylic acids is 1. The van der Waals surface area contributed by atoms with Gasteiger partial charge in [-0.05, 0) is 30.7 Å². The third-order valence-electron chi connectivity index (χ3n) is 4.35. The molecule has 0 saturated carbocycles. The third-order valence-corrected chi connectivity index (χ3v) is 6.03. The molecule has 0 bridgehead atoms. The van der Waals surface area contributed by atoms with E-state index in [4.69, 9.17) is 0 Å². The van der Waals surface area contributed by atoms with Crippen LogP contribution < -0.4 is 5.32 Å². The molecule has 1 fully saturated rings. The van der Waals surface area contributed by atoms with Gasteiger partial charge in [-0.25, -0.2) is 8.42 Å². The molecule has 3 rings (SSSR count). The maximum absolute atomic E-state index is 12.9. The average Bonchev–Trinajstić information content (AvgIpc) is 2.62. The van der Waals surface area contributed by atoms with E-state index in [1.807, 2.05) is 6.92 Å². The minimum atomic E-state index is -3.49. The lowest BCUT2D eigenvalue weighted by Gasteiger charge is -2.32. The maximum Gasteiger partial charge on any atom is 0.254 e. The first-order chi connectivity index (χ1) is 12.0. The van der Waals surface area contributed by atoms with E-state index in [2.05, 4.69) is 5.32 Å². The SMILES string of the molecule is CC1CN(C(=O)c2ccccc2CS(=O)(=O)c2ccccc2)CCN1. The number of hydrogen-bond donors (Lipinski definition) is 1. The highest BCUT2D eigenvalue weighted by molar-refractivity contribution is 7.90. The Hall–Kier alpha value is -2.18. The second-order valence-electron chi connectivity index (χ2n) is 6.34. The summed E-state index contributed by atoms with van der Waals surface area (Å²) in [6, 6.07) is 15.6. The fourth-order valence-electron chi connectivity index (χ4n) is 3.06. The van der Waals surface area contributed by atoms with Crippen molar-refractivity contribution >= 4 is 15.7 Å². The van der Waals surface area contributed by atoms with Crippen LogP contribution >= 0.6 is 0 Å². The van der Waals surface area contributed by atoms with Crippen LogP contribution in [0.3, 0.4) is 0 Å². The molecule has 1 aliphatic rings. The molecule has 0 spiro atoms. The molecule has 1 heterocycles. The molecule has 5 nitrogen and oxygen atoms in total. The Morgan fingerprint density at radius 3 is 2.52 bits per heavy atom. The van der Waals surface area contributed by atoms with Gasteiger partial charge in [-0.3, -0.25) is 4.79 Å². The maximum atomic E-state index is 12.9. The van der Waals surface area contributed by atoms with E-state index in [0.29, 0.717) is 24.2 Å². The molecule has 1 amide bonds. The quantitative estimate of drug-likeness (QED) is 0.909. The van der Waals surface area contributed by atoms with Crippen molar-refractivity contribution in [1.82, 2.24) is 10.2 Å². The van der Waals surface area contributed by atoms with Crippen LogP contribution in [0.25, 0.3) is 0 Å². The van der Waals surface area contributed by atoms with Crippen molar-refractivity contribution in [3.8, 4) is 0 Å². The summed E-state index contributed by atoms with van der Waals surface area (Å²) in [5.74, 6) is -0.284. The molecule has 132 valence electrons. The van der Waals surface area contributed by atoms with Crippen LogP contribution in [0.15, 0.2) is 59.5 Å². The zero-order chi connectivity index (χ0) is 17.9. The van der Waals surface area contributed by atoms with E-state index >= 15 is 0 Å². The van der Waals surface area contributed by atoms with Crippen LogP contribution in [0.4, 0.5) is 0 Å². The summed E-state index contributed by atoms with van der Waals surface area (Å²) in [6.07, 6.45) is 0. The number of nitrogens with one attached hydrogen (secondary N) is 1. The first-order valence-electron chi connectivity index (χ1n) is 8.36. The molecule has 1 saturated heterocycles. The molecule has 2 aromatic rings. The normalized spacial score (nSPS) is 18.1. The number of sulfone groups is 1. The number of benzene rings is 2. The molecular weight excluding hydrogens is 336 g/mol. The lowest BCUT2D eigenvalue weighted by atomic mass is 10.1. The van der Waals surface area contributed by atoms with Crippen LogP contribution in [0, 0.1) is 0 Å². The molecule has 6 heteroatoms. The van der Waals surface area contributed by atoms with E-state index in [0.717, 1.165) is 6.54 Å². The fraction of sp³-hybridized carbons (Fsp3) is 0.316. The van der Waals surface area contributed by atoms with Gasteiger partial charge < -0.3 is 10.2 Å². The number of hydrogen-bond acceptors (Lipinski definition) is 4. The van der Waals surface area contributed by atoms with Gasteiger partial charge in [0.15, 0.2) is 9.84 Å². The van der Waals surface area contributed by atoms with Gasteiger partial charge in [0, 0.05) is 31.2 Å². The van der Waals surface area contributed by atoms with Gasteiger partial charge in [0.1, 0.15) is 0 Å². The van der Waals surface area contributed by atoms with E-state index in [9.17, 15) is 13.2 Å². The lowest BCUT2D eigenvalue weighted by Crippen LogP contribution is -2.51. The van der Waals surface area contributed by atoms with Crippen LogP contribution in [0.5, 0.6) is 0 Å². The molecule has 1 unspecified atom stereocenters. The third kappa shape index (κ3) is 4.08. The van der Waals surface area contributed by atoms with Crippen molar-refractivity contribution in [3.05, 3.63) is 65.7 Å². The fourth-order valence-corrected chi connectivity index (χ4v) is 4.46. The zero-order valence-corrected chi connectivity index (χ0v) is 15.0. The van der Waals surface area contributed by atoms with Crippen molar-refractivity contribution in [1.29, 1.82) is 0 Å². The Labute approximate surface area is 148 Å². The van der Waals surface area contributed by atoms with Crippen molar-refractivity contribution < 1.29 is 13.2 Å². The Morgan fingerprint density at radius 2 is 1.80 bits per heavy atom. The van der Waals surface area contributed by atoms with Crippen LogP contribution in [0.1, 0.15) is 22.8 Å². The van der Waals surface area contributed by atoms with Gasteiger partial charge in [0.25, 0.3) is 5.91 Å². The van der Waals surface area contributed by atoms with E-state index < -0.39 is 9.84 Å². The highest BCUT2D eigenvalue weighted by atomic mass is 32.2. The van der Waals surface area contributed by atoms with Gasteiger partial charge in [-0.1, -0.05) is 36.4 Å². The molecular formula is C19H22N2O3S. The van der Waals surface area contributed by atoms with Crippen LogP contribution in [0.2, 0.25) is 0 Å². The van der Waals surface area contributed by atoms with Gasteiger partial charge in [-0.15, -0.1) is 0 Å². The Balaban J connectivity index is 1.87. The molecule has 0 aromatic heterocycles. The predicted octanol–water partition coefficient (Wildman–Crippen LogP) is 2.09. The molecule has 2 aromatic carbocycles. The summed E-state index contributed by atoms with van der Waals surface area (Å²) in [7, 11) is -3.49. The molecule has 0 radical (unpaired) electrons. The highest BCUT2D eigenvalue weighted by Crippen LogP contribution is 2.20. The lowest BCUT2D eigenvalue weighted by molar-refractivity contribution is 0.0708. The number of rotatable bonds is 4. The van der Waals surface area contributed by atoms with E-state index in [1.54, 1.807) is 59.5 Å². The summed E-state index contributed by atoms with van der Waals surface area (Å²) >= 11 is 0. The summed E-state index contributed by atoms with van der Waals surface area (Å²) in [5, 5.41) is 3.30. The van der Waals surface area contributed by atoms with Crippen molar-refractivity contribution in [2.75, 3.05) is 19.6 Å². The average molecular weight is 358 g/mol. The molecule has 0 aliphatic carbocycles. The van der Waals surface area contributed by atoms with Crippen molar-refractivity contribution in [2.45, 2.75) is 23.6 Å². The van der Waals surface area contributed by atoms with Crippen LogP contribution in [-0.4, -0.2) is 44.9 Å². The summed E-state index contributed by atoms with van der Waals surface area (Å²) in [4.78, 5) is 14.9. The van der Waals surface area contributed by atoms with Gasteiger partial charge in [-0.2, -0.15) is 0 Å². The number of piperazine rings is 1. The van der Waals surface area contributed by atoms with Gasteiger partial charge in [0.05, 0.1) is 10.6 Å². The van der Waals surface area contributed by atoms with E-state index in [1.165, 1.54) is 0 Å². The predicted molar refractivity (Wildman–Crippen MR) is 97.1 cm³/mol. The second kappa shape index (κ2) is 7.37. The number of nitrogens with zero attached hydrogens (tertiary/aromatic N) is 1. The molecule has 1 atom stereocenters. The van der Waals surface area contributed by atoms with Crippen LogP contribution in [-0.2, 0) is 15.6 Å². The van der Waals surface area contributed by atoms with Crippen molar-refractivity contribution in [2.24, 2.45) is 0 Å². The highest BCUT2D eigenvalue weighted by Gasteiger charge is 2.25. The Bertz CT molecular complexity index is 850. The van der Waals surface area contributed by atoms with Gasteiger partial charge >= 0.3 is 0 Å². The monoisotopic (exact) mass is 358 g/mol. The minimum absolute atomic E-state index is 0.104. The van der Waals surface area contributed by atoms with Gasteiger partial charge in [0.2, 0.25) is 0 Å². The molecule has 1 aliphatic heterocycles. The first-order valence-corrected chi connectivity index (χ1v) is 10.0. The first kappa shape index (κ1) is 17.6. The summed E-state index contributed by atoms with van der Waals surface area (Å²) in [5.41, 5.74) is 1.01. The number of amides is 1. The Morgan fingerprint density at radius 1 is 1.12 bits per heavy atom. The second-order valence-corrected chi connectivity index (χ2v) is 8.33.